The molecular weight excluding hydrogens is 439 g/mol. The molecule has 0 spiro atoms. The van der Waals surface area contributed by atoms with Crippen molar-refractivity contribution in [3.63, 3.8) is 0 Å². The van der Waals surface area contributed by atoms with Crippen LogP contribution in [0.15, 0.2) is 47.8 Å². The van der Waals surface area contributed by atoms with Crippen LogP contribution in [0.5, 0.6) is 0 Å². The lowest BCUT2D eigenvalue weighted by molar-refractivity contribution is 0.556. The first-order valence-corrected chi connectivity index (χ1v) is 12.0. The van der Waals surface area contributed by atoms with Gasteiger partial charge in [0.2, 0.25) is 5.13 Å². The topological polar surface area (TPSA) is 102 Å². The molecule has 0 saturated heterocycles. The summed E-state index contributed by atoms with van der Waals surface area (Å²) in [6, 6.07) is 8.61. The Kier molecular flexibility index (Phi) is 4.95. The van der Waals surface area contributed by atoms with Crippen LogP contribution in [0.1, 0.15) is 29.7 Å². The zero-order chi connectivity index (χ0) is 21.6. The van der Waals surface area contributed by atoms with E-state index in [9.17, 15) is 12.8 Å². The normalized spacial score (nSPS) is 15.0. The van der Waals surface area contributed by atoms with Crippen molar-refractivity contribution in [3.05, 3.63) is 65.4 Å². The molecule has 1 unspecified atom stereocenters. The second-order valence-electron chi connectivity index (χ2n) is 7.37. The van der Waals surface area contributed by atoms with Crippen LogP contribution in [0.2, 0.25) is 0 Å². The number of nitrogens with one attached hydrogen (secondary N) is 2. The van der Waals surface area contributed by atoms with Crippen LogP contribution in [0.3, 0.4) is 0 Å². The second kappa shape index (κ2) is 7.66. The molecule has 4 aromatic rings. The van der Waals surface area contributed by atoms with E-state index in [0.29, 0.717) is 10.9 Å². The fourth-order valence-electron chi connectivity index (χ4n) is 4.01. The van der Waals surface area contributed by atoms with Crippen molar-refractivity contribution in [1.82, 2.24) is 24.5 Å². The summed E-state index contributed by atoms with van der Waals surface area (Å²) in [4.78, 5) is 3.33. The summed E-state index contributed by atoms with van der Waals surface area (Å²) in [5.41, 5.74) is 4.19. The number of anilines is 1. The molecular formula is C20H19FN6O2S2. The highest BCUT2D eigenvalue weighted by molar-refractivity contribution is 7.93. The maximum Gasteiger partial charge on any atom is 0.266 e. The first kappa shape index (κ1) is 20.0. The fourth-order valence-corrected chi connectivity index (χ4v) is 5.77. The van der Waals surface area contributed by atoms with Gasteiger partial charge in [0.25, 0.3) is 10.0 Å². The quantitative estimate of drug-likeness (QED) is 0.477. The molecule has 2 aromatic carbocycles. The van der Waals surface area contributed by atoms with Gasteiger partial charge in [-0.15, -0.1) is 0 Å². The van der Waals surface area contributed by atoms with Crippen LogP contribution in [-0.4, -0.2) is 34.1 Å². The third-order valence-corrected chi connectivity index (χ3v) is 7.58. The summed E-state index contributed by atoms with van der Waals surface area (Å²) >= 11 is 0.875. The number of halogens is 1. The molecule has 0 amide bonds. The molecule has 2 N–H and O–H groups in total. The Hall–Kier alpha value is -2.89. The molecule has 160 valence electrons. The van der Waals surface area contributed by atoms with Crippen LogP contribution >= 0.6 is 11.5 Å². The van der Waals surface area contributed by atoms with Crippen LogP contribution in [-0.2, 0) is 23.0 Å². The second-order valence-corrected chi connectivity index (χ2v) is 9.80. The fraction of sp³-hybridized carbons (Fsp3) is 0.250. The predicted octanol–water partition coefficient (Wildman–Crippen LogP) is 3.08. The average Bonchev–Trinajstić information content (AvgIpc) is 3.41. The minimum atomic E-state index is -4.14. The summed E-state index contributed by atoms with van der Waals surface area (Å²) < 4.78 is 48.0. The molecule has 0 aliphatic carbocycles. The third kappa shape index (κ3) is 3.58. The Bertz CT molecular complexity index is 1370. The van der Waals surface area contributed by atoms with E-state index in [1.54, 1.807) is 10.9 Å². The molecule has 2 aromatic heterocycles. The zero-order valence-corrected chi connectivity index (χ0v) is 18.2. The van der Waals surface area contributed by atoms with Gasteiger partial charge >= 0.3 is 0 Å². The first-order valence-electron chi connectivity index (χ1n) is 9.71. The highest BCUT2D eigenvalue weighted by Crippen LogP contribution is 2.31. The molecule has 3 heterocycles. The van der Waals surface area contributed by atoms with Crippen molar-refractivity contribution in [3.8, 4) is 0 Å². The number of fused-ring (bicyclic) bond motifs is 2. The van der Waals surface area contributed by atoms with Gasteiger partial charge in [-0.2, -0.15) is 9.47 Å². The lowest BCUT2D eigenvalue weighted by Crippen LogP contribution is -2.26. The largest absolute Gasteiger partial charge is 0.312 e. The van der Waals surface area contributed by atoms with Gasteiger partial charge in [0, 0.05) is 29.5 Å². The Morgan fingerprint density at radius 1 is 1.32 bits per heavy atom. The van der Waals surface area contributed by atoms with E-state index < -0.39 is 20.7 Å². The predicted molar refractivity (Wildman–Crippen MR) is 116 cm³/mol. The SMILES string of the molecule is CC(c1cccc2c1CNCC2)n1ncc2cc(S(=O)(=O)Nc3ncns3)c(F)cc21. The summed E-state index contributed by atoms with van der Waals surface area (Å²) in [6.07, 6.45) is 3.75. The van der Waals surface area contributed by atoms with Crippen molar-refractivity contribution in [2.75, 3.05) is 11.3 Å². The van der Waals surface area contributed by atoms with Gasteiger partial charge < -0.3 is 5.32 Å². The van der Waals surface area contributed by atoms with E-state index in [1.807, 2.05) is 13.0 Å². The number of nitrogens with zero attached hydrogens (tertiary/aromatic N) is 4. The van der Waals surface area contributed by atoms with E-state index in [4.69, 9.17) is 0 Å². The average molecular weight is 459 g/mol. The van der Waals surface area contributed by atoms with Gasteiger partial charge in [-0.05, 0) is 42.6 Å². The van der Waals surface area contributed by atoms with Crippen molar-refractivity contribution >= 4 is 37.6 Å². The Labute approximate surface area is 182 Å². The molecule has 1 aliphatic rings. The number of aromatic nitrogens is 4. The van der Waals surface area contributed by atoms with E-state index in [-0.39, 0.29) is 11.2 Å². The lowest BCUT2D eigenvalue weighted by atomic mass is 9.92. The molecule has 11 heteroatoms. The van der Waals surface area contributed by atoms with E-state index in [0.717, 1.165) is 36.6 Å². The van der Waals surface area contributed by atoms with E-state index in [1.165, 1.54) is 29.6 Å². The standard InChI is InChI=1S/C20H19FN6O2S2/c1-12(15-4-2-3-13-5-6-22-10-16(13)15)27-18-8-17(21)19(7-14(18)9-24-27)31(28,29)26-20-23-11-25-30-20/h2-4,7-9,11-12,22H,5-6,10H2,1H3,(H,23,25,26). The molecule has 1 atom stereocenters. The van der Waals surface area contributed by atoms with Crippen molar-refractivity contribution in [1.29, 1.82) is 0 Å². The zero-order valence-electron chi connectivity index (χ0n) is 16.5. The van der Waals surface area contributed by atoms with Crippen LogP contribution in [0.4, 0.5) is 9.52 Å². The Morgan fingerprint density at radius 3 is 3.00 bits per heavy atom. The van der Waals surface area contributed by atoms with Gasteiger partial charge in [-0.3, -0.25) is 9.40 Å². The molecule has 5 rings (SSSR count). The number of sulfonamides is 1. The molecule has 0 fully saturated rings. The van der Waals surface area contributed by atoms with E-state index >= 15 is 0 Å². The summed E-state index contributed by atoms with van der Waals surface area (Å²) in [5, 5.41) is 8.46. The van der Waals surface area contributed by atoms with Crippen LogP contribution < -0.4 is 10.0 Å². The van der Waals surface area contributed by atoms with Crippen LogP contribution in [0.25, 0.3) is 10.9 Å². The van der Waals surface area contributed by atoms with Gasteiger partial charge in [0.15, 0.2) is 0 Å². The number of benzene rings is 2. The van der Waals surface area contributed by atoms with Crippen molar-refractivity contribution in [2.24, 2.45) is 0 Å². The van der Waals surface area contributed by atoms with Crippen molar-refractivity contribution < 1.29 is 12.8 Å². The maximum absolute atomic E-state index is 14.9. The Balaban J connectivity index is 1.55. The molecule has 31 heavy (non-hydrogen) atoms. The first-order chi connectivity index (χ1) is 14.9. The summed E-state index contributed by atoms with van der Waals surface area (Å²) in [7, 11) is -4.14. The highest BCUT2D eigenvalue weighted by Gasteiger charge is 2.24. The van der Waals surface area contributed by atoms with Gasteiger partial charge in [-0.1, -0.05) is 18.2 Å². The van der Waals surface area contributed by atoms with Gasteiger partial charge in [0.05, 0.1) is 17.8 Å². The molecule has 0 bridgehead atoms. The number of hydrogen-bond donors (Lipinski definition) is 2. The van der Waals surface area contributed by atoms with Crippen LogP contribution in [0, 0.1) is 5.82 Å². The van der Waals surface area contributed by atoms with Gasteiger partial charge in [0.1, 0.15) is 17.0 Å². The maximum atomic E-state index is 14.9. The number of hydrogen-bond acceptors (Lipinski definition) is 7. The lowest BCUT2D eigenvalue weighted by Gasteiger charge is -2.24. The highest BCUT2D eigenvalue weighted by atomic mass is 32.2. The van der Waals surface area contributed by atoms with Crippen molar-refractivity contribution in [2.45, 2.75) is 30.8 Å². The Morgan fingerprint density at radius 2 is 2.19 bits per heavy atom. The van der Waals surface area contributed by atoms with E-state index in [2.05, 4.69) is 36.6 Å². The minimum absolute atomic E-state index is 0.0753. The summed E-state index contributed by atoms with van der Waals surface area (Å²) in [6.45, 7) is 3.74. The molecule has 8 nitrogen and oxygen atoms in total. The monoisotopic (exact) mass is 458 g/mol. The van der Waals surface area contributed by atoms with Gasteiger partial charge in [-0.25, -0.2) is 17.8 Å². The number of rotatable bonds is 5. The molecule has 1 aliphatic heterocycles. The molecule has 0 radical (unpaired) electrons. The smallest absolute Gasteiger partial charge is 0.266 e. The minimum Gasteiger partial charge on any atom is -0.312 e. The third-order valence-electron chi connectivity index (χ3n) is 5.52. The summed E-state index contributed by atoms with van der Waals surface area (Å²) in [5.74, 6) is -0.852. The molecule has 0 saturated carbocycles.